The van der Waals surface area contributed by atoms with E-state index >= 15 is 0 Å². The van der Waals surface area contributed by atoms with Gasteiger partial charge in [-0.25, -0.2) is 4.98 Å². The van der Waals surface area contributed by atoms with E-state index in [2.05, 4.69) is 18.8 Å². The smallest absolute Gasteiger partial charge is 0.119 e. The molecule has 0 spiro atoms. The molecular formula is C14H19N3O. The van der Waals surface area contributed by atoms with E-state index in [1.807, 2.05) is 35.0 Å². The third kappa shape index (κ3) is 2.38. The summed E-state index contributed by atoms with van der Waals surface area (Å²) in [6.45, 7) is 4.21. The van der Waals surface area contributed by atoms with Crippen molar-refractivity contribution in [3.8, 4) is 11.4 Å². The largest absolute Gasteiger partial charge is 0.497 e. The van der Waals surface area contributed by atoms with E-state index in [-0.39, 0.29) is 6.04 Å². The number of hydrogen-bond donors (Lipinski definition) is 1. The number of nitrogens with two attached hydrogens (primary N) is 1. The van der Waals surface area contributed by atoms with Crippen molar-refractivity contribution in [2.24, 2.45) is 11.7 Å². The summed E-state index contributed by atoms with van der Waals surface area (Å²) in [4.78, 5) is 4.20. The molecular weight excluding hydrogens is 226 g/mol. The molecule has 0 aliphatic carbocycles. The molecule has 4 nitrogen and oxygen atoms in total. The average molecular weight is 245 g/mol. The number of benzene rings is 1. The van der Waals surface area contributed by atoms with Gasteiger partial charge in [0.25, 0.3) is 0 Å². The summed E-state index contributed by atoms with van der Waals surface area (Å²) in [6, 6.07) is 7.84. The van der Waals surface area contributed by atoms with E-state index in [1.165, 1.54) is 0 Å². The highest BCUT2D eigenvalue weighted by molar-refractivity contribution is 5.39. The number of imidazole rings is 1. The molecule has 0 saturated heterocycles. The summed E-state index contributed by atoms with van der Waals surface area (Å²) < 4.78 is 7.17. The molecule has 1 heterocycles. The molecule has 4 heteroatoms. The molecule has 0 bridgehead atoms. The van der Waals surface area contributed by atoms with Crippen LogP contribution in [0, 0.1) is 5.92 Å². The van der Waals surface area contributed by atoms with Crippen molar-refractivity contribution in [1.82, 2.24) is 9.55 Å². The number of hydrogen-bond acceptors (Lipinski definition) is 3. The van der Waals surface area contributed by atoms with E-state index < -0.39 is 0 Å². The van der Waals surface area contributed by atoms with Gasteiger partial charge in [-0.05, 0) is 30.2 Å². The Morgan fingerprint density at radius 1 is 1.22 bits per heavy atom. The van der Waals surface area contributed by atoms with E-state index in [0.29, 0.717) is 5.92 Å². The Balaban J connectivity index is 2.35. The van der Waals surface area contributed by atoms with Crippen LogP contribution in [-0.2, 0) is 0 Å². The van der Waals surface area contributed by atoms with Crippen LogP contribution in [0.2, 0.25) is 0 Å². The van der Waals surface area contributed by atoms with Gasteiger partial charge in [-0.3, -0.25) is 0 Å². The molecule has 0 radical (unpaired) electrons. The van der Waals surface area contributed by atoms with Gasteiger partial charge in [-0.2, -0.15) is 0 Å². The lowest BCUT2D eigenvalue weighted by Gasteiger charge is -2.18. The van der Waals surface area contributed by atoms with Crippen molar-refractivity contribution in [1.29, 1.82) is 0 Å². The number of aromatic nitrogens is 2. The Labute approximate surface area is 107 Å². The Hall–Kier alpha value is -1.81. The normalized spacial score (nSPS) is 12.7. The summed E-state index contributed by atoms with van der Waals surface area (Å²) >= 11 is 0. The number of rotatable bonds is 4. The maximum Gasteiger partial charge on any atom is 0.119 e. The highest BCUT2D eigenvalue weighted by Gasteiger charge is 2.15. The molecule has 0 saturated carbocycles. The van der Waals surface area contributed by atoms with Crippen LogP contribution in [0.3, 0.4) is 0 Å². The first-order valence-corrected chi connectivity index (χ1v) is 6.05. The summed E-state index contributed by atoms with van der Waals surface area (Å²) in [5, 5.41) is 0. The predicted octanol–water partition coefficient (Wildman–Crippen LogP) is 2.54. The molecule has 0 amide bonds. The lowest BCUT2D eigenvalue weighted by molar-refractivity contribution is 0.414. The highest BCUT2D eigenvalue weighted by atomic mass is 16.5. The molecule has 2 N–H and O–H groups in total. The van der Waals surface area contributed by atoms with Gasteiger partial charge in [-0.1, -0.05) is 13.8 Å². The zero-order valence-electron chi connectivity index (χ0n) is 11.0. The van der Waals surface area contributed by atoms with Crippen LogP contribution < -0.4 is 10.5 Å². The Morgan fingerprint density at radius 3 is 2.44 bits per heavy atom. The molecule has 1 aromatic heterocycles. The molecule has 1 unspecified atom stereocenters. The van der Waals surface area contributed by atoms with Crippen LogP contribution in [0.1, 0.15) is 25.6 Å². The van der Waals surface area contributed by atoms with Gasteiger partial charge in [0.15, 0.2) is 0 Å². The average Bonchev–Trinajstić information content (AvgIpc) is 2.87. The molecule has 0 fully saturated rings. The SMILES string of the molecule is COc1ccc(-n2cncc2C(N)C(C)C)cc1. The second-order valence-corrected chi connectivity index (χ2v) is 4.66. The first-order valence-electron chi connectivity index (χ1n) is 6.05. The third-order valence-corrected chi connectivity index (χ3v) is 3.08. The van der Waals surface area contributed by atoms with E-state index in [9.17, 15) is 0 Å². The summed E-state index contributed by atoms with van der Waals surface area (Å²) in [5.41, 5.74) is 8.26. The molecule has 96 valence electrons. The van der Waals surface area contributed by atoms with Gasteiger partial charge >= 0.3 is 0 Å². The number of nitrogens with zero attached hydrogens (tertiary/aromatic N) is 2. The fourth-order valence-electron chi connectivity index (χ4n) is 1.85. The molecule has 1 aromatic carbocycles. The molecule has 1 atom stereocenters. The lowest BCUT2D eigenvalue weighted by atomic mass is 10.0. The topological polar surface area (TPSA) is 53.1 Å². The van der Waals surface area contributed by atoms with Crippen molar-refractivity contribution >= 4 is 0 Å². The number of ether oxygens (including phenoxy) is 1. The van der Waals surface area contributed by atoms with E-state index in [0.717, 1.165) is 17.1 Å². The van der Waals surface area contributed by atoms with E-state index in [4.69, 9.17) is 10.5 Å². The Kier molecular flexibility index (Phi) is 3.67. The van der Waals surface area contributed by atoms with Crippen molar-refractivity contribution in [3.05, 3.63) is 42.5 Å². The first kappa shape index (κ1) is 12.6. The van der Waals surface area contributed by atoms with Crippen LogP contribution in [0.5, 0.6) is 5.75 Å². The summed E-state index contributed by atoms with van der Waals surface area (Å²) in [7, 11) is 1.66. The second kappa shape index (κ2) is 5.23. The zero-order valence-corrected chi connectivity index (χ0v) is 11.0. The van der Waals surface area contributed by atoms with E-state index in [1.54, 1.807) is 13.4 Å². The van der Waals surface area contributed by atoms with Crippen LogP contribution in [0.4, 0.5) is 0 Å². The van der Waals surface area contributed by atoms with Crippen molar-refractivity contribution < 1.29 is 4.74 Å². The highest BCUT2D eigenvalue weighted by Crippen LogP contribution is 2.22. The summed E-state index contributed by atoms with van der Waals surface area (Å²) in [6.07, 6.45) is 3.62. The van der Waals surface area contributed by atoms with Crippen molar-refractivity contribution in [3.63, 3.8) is 0 Å². The maximum atomic E-state index is 6.19. The quantitative estimate of drug-likeness (QED) is 0.900. The fraction of sp³-hybridized carbons (Fsp3) is 0.357. The van der Waals surface area contributed by atoms with Gasteiger partial charge < -0.3 is 15.0 Å². The standard InChI is InChI=1S/C14H19N3O/c1-10(2)14(15)13-8-16-9-17(13)11-4-6-12(18-3)7-5-11/h4-10,14H,15H2,1-3H3. The van der Waals surface area contributed by atoms with Crippen LogP contribution in [0.25, 0.3) is 5.69 Å². The zero-order chi connectivity index (χ0) is 13.1. The van der Waals surface area contributed by atoms with Gasteiger partial charge in [0.2, 0.25) is 0 Å². The minimum atomic E-state index is -0.0189. The molecule has 0 aliphatic heterocycles. The Bertz CT molecular complexity index is 502. The monoisotopic (exact) mass is 245 g/mol. The maximum absolute atomic E-state index is 6.19. The van der Waals surface area contributed by atoms with Gasteiger partial charge in [0, 0.05) is 11.7 Å². The molecule has 2 aromatic rings. The van der Waals surface area contributed by atoms with Crippen molar-refractivity contribution in [2.75, 3.05) is 7.11 Å². The second-order valence-electron chi connectivity index (χ2n) is 4.66. The lowest BCUT2D eigenvalue weighted by Crippen LogP contribution is -2.19. The van der Waals surface area contributed by atoms with Gasteiger partial charge in [0.05, 0.1) is 25.3 Å². The van der Waals surface area contributed by atoms with Gasteiger partial charge in [0.1, 0.15) is 5.75 Å². The Morgan fingerprint density at radius 2 is 1.89 bits per heavy atom. The third-order valence-electron chi connectivity index (χ3n) is 3.08. The predicted molar refractivity (Wildman–Crippen MR) is 71.9 cm³/mol. The van der Waals surface area contributed by atoms with Crippen LogP contribution >= 0.6 is 0 Å². The number of methoxy groups -OCH3 is 1. The fourth-order valence-corrected chi connectivity index (χ4v) is 1.85. The molecule has 0 aliphatic rings. The molecule has 2 rings (SSSR count). The van der Waals surface area contributed by atoms with Crippen molar-refractivity contribution in [2.45, 2.75) is 19.9 Å². The van der Waals surface area contributed by atoms with Gasteiger partial charge in [-0.15, -0.1) is 0 Å². The van der Waals surface area contributed by atoms with Crippen LogP contribution in [-0.4, -0.2) is 16.7 Å². The first-order chi connectivity index (χ1) is 8.63. The minimum Gasteiger partial charge on any atom is -0.497 e. The summed E-state index contributed by atoms with van der Waals surface area (Å²) in [5.74, 6) is 1.22. The van der Waals surface area contributed by atoms with Crippen LogP contribution in [0.15, 0.2) is 36.8 Å². The minimum absolute atomic E-state index is 0.0189. The molecule has 18 heavy (non-hydrogen) atoms.